The number of unbranched alkanes of at least 4 members (excludes halogenated alkanes) is 5. The van der Waals surface area contributed by atoms with Crippen molar-refractivity contribution in [2.45, 2.75) is 58.5 Å². The third kappa shape index (κ3) is 9.22. The summed E-state index contributed by atoms with van der Waals surface area (Å²) in [6.07, 6.45) is 13.3. The van der Waals surface area contributed by atoms with Gasteiger partial charge in [-0.3, -0.25) is 0 Å². The average molecular weight is 469 g/mol. The minimum Gasteiger partial charge on any atom is -0.370 e. The number of hydrogen-bond acceptors (Lipinski definition) is 2. The fraction of sp³-hybridized carbons (Fsp3) is 0.500. The first-order chi connectivity index (χ1) is 12.3. The first-order valence-electron chi connectivity index (χ1n) is 9.35. The van der Waals surface area contributed by atoms with Crippen LogP contribution >= 0.6 is 24.0 Å². The maximum absolute atomic E-state index is 5.96. The Morgan fingerprint density at radius 3 is 2.69 bits per heavy atom. The number of guanidine groups is 1. The van der Waals surface area contributed by atoms with Gasteiger partial charge in [-0.05, 0) is 17.5 Å². The molecule has 0 amide bonds. The van der Waals surface area contributed by atoms with Crippen LogP contribution in [-0.4, -0.2) is 22.1 Å². The molecule has 2 aromatic rings. The minimum absolute atomic E-state index is 0. The second-order valence-corrected chi connectivity index (χ2v) is 6.45. The summed E-state index contributed by atoms with van der Waals surface area (Å²) in [5.74, 6) is 0.536. The van der Waals surface area contributed by atoms with Gasteiger partial charge in [-0.25, -0.2) is 9.98 Å². The number of halogens is 1. The summed E-state index contributed by atoms with van der Waals surface area (Å²) in [6.45, 7) is 4.57. The third-order valence-corrected chi connectivity index (χ3v) is 4.18. The number of benzene rings is 1. The number of nitrogens with zero attached hydrogens (tertiary/aromatic N) is 3. The predicted octanol–water partition coefficient (Wildman–Crippen LogP) is 4.31. The standard InChI is InChI=1S/C20H31N5.HI/c1-2-3-4-5-6-7-11-23-20(21)24-15-18-9-8-10-19(14-18)16-25-13-12-22-17-25;/h8-10,12-14,17H,2-7,11,15-16H2,1H3,(H3,21,23,24);1H. The molecule has 3 N–H and O–H groups in total. The molecule has 0 saturated heterocycles. The molecule has 2 rings (SSSR count). The highest BCUT2D eigenvalue weighted by atomic mass is 127. The smallest absolute Gasteiger partial charge is 0.188 e. The van der Waals surface area contributed by atoms with Gasteiger partial charge in [0.2, 0.25) is 0 Å². The van der Waals surface area contributed by atoms with Crippen molar-refractivity contribution in [3.63, 3.8) is 0 Å². The molecule has 0 unspecified atom stereocenters. The molecule has 0 aliphatic carbocycles. The maximum atomic E-state index is 5.96. The summed E-state index contributed by atoms with van der Waals surface area (Å²) in [4.78, 5) is 8.52. The second-order valence-electron chi connectivity index (χ2n) is 6.45. The van der Waals surface area contributed by atoms with E-state index in [1.165, 1.54) is 43.2 Å². The van der Waals surface area contributed by atoms with Crippen LogP contribution in [0.25, 0.3) is 0 Å². The highest BCUT2D eigenvalue weighted by Gasteiger charge is 1.98. The van der Waals surface area contributed by atoms with Gasteiger partial charge in [0, 0.05) is 25.5 Å². The van der Waals surface area contributed by atoms with Gasteiger partial charge in [0.15, 0.2) is 5.96 Å². The monoisotopic (exact) mass is 469 g/mol. The fourth-order valence-electron chi connectivity index (χ4n) is 2.77. The molecule has 0 radical (unpaired) electrons. The van der Waals surface area contributed by atoms with Crippen LogP contribution in [0.15, 0.2) is 48.0 Å². The quantitative estimate of drug-likeness (QED) is 0.223. The summed E-state index contributed by atoms with van der Waals surface area (Å²) < 4.78 is 2.05. The Morgan fingerprint density at radius 1 is 1.15 bits per heavy atom. The van der Waals surface area contributed by atoms with E-state index < -0.39 is 0 Å². The molecule has 0 saturated carbocycles. The lowest BCUT2D eigenvalue weighted by Gasteiger charge is -2.07. The Kier molecular flexibility index (Phi) is 11.8. The Balaban J connectivity index is 0.00000338. The Labute approximate surface area is 174 Å². The van der Waals surface area contributed by atoms with Crippen LogP contribution < -0.4 is 11.1 Å². The van der Waals surface area contributed by atoms with Crippen molar-refractivity contribution in [3.05, 3.63) is 54.1 Å². The molecule has 26 heavy (non-hydrogen) atoms. The maximum Gasteiger partial charge on any atom is 0.188 e. The summed E-state index contributed by atoms with van der Waals surface area (Å²) in [5.41, 5.74) is 8.37. The number of imidazole rings is 1. The van der Waals surface area contributed by atoms with Gasteiger partial charge in [0.25, 0.3) is 0 Å². The zero-order chi connectivity index (χ0) is 17.7. The molecule has 1 aromatic heterocycles. The molecule has 0 aliphatic rings. The number of aromatic nitrogens is 2. The first kappa shape index (κ1) is 22.5. The topological polar surface area (TPSA) is 68.2 Å². The SMILES string of the molecule is CCCCCCCCNC(N)=NCc1cccc(Cn2ccnc2)c1.I. The Morgan fingerprint density at radius 2 is 1.92 bits per heavy atom. The van der Waals surface area contributed by atoms with Crippen LogP contribution in [0.5, 0.6) is 0 Å². The summed E-state index contributed by atoms with van der Waals surface area (Å²) in [7, 11) is 0. The van der Waals surface area contributed by atoms with E-state index >= 15 is 0 Å². The number of nitrogens with two attached hydrogens (primary N) is 1. The van der Waals surface area contributed by atoms with Gasteiger partial charge in [-0.15, -0.1) is 24.0 Å². The lowest BCUT2D eigenvalue weighted by molar-refractivity contribution is 0.601. The van der Waals surface area contributed by atoms with Crippen molar-refractivity contribution in [3.8, 4) is 0 Å². The average Bonchev–Trinajstić information content (AvgIpc) is 3.12. The van der Waals surface area contributed by atoms with Gasteiger partial charge in [0.05, 0.1) is 12.9 Å². The zero-order valence-corrected chi connectivity index (χ0v) is 18.1. The highest BCUT2D eigenvalue weighted by Crippen LogP contribution is 2.08. The number of aliphatic imine (C=N–C) groups is 1. The van der Waals surface area contributed by atoms with Gasteiger partial charge < -0.3 is 15.6 Å². The van der Waals surface area contributed by atoms with Gasteiger partial charge >= 0.3 is 0 Å². The first-order valence-corrected chi connectivity index (χ1v) is 9.35. The number of rotatable bonds is 11. The normalized spacial score (nSPS) is 11.2. The molecular formula is C20H32IN5. The number of nitrogens with one attached hydrogen (secondary N) is 1. The van der Waals surface area contributed by atoms with Crippen LogP contribution in [0.1, 0.15) is 56.6 Å². The van der Waals surface area contributed by atoms with Crippen molar-refractivity contribution in [1.29, 1.82) is 0 Å². The lowest BCUT2D eigenvalue weighted by atomic mass is 10.1. The van der Waals surface area contributed by atoms with Crippen molar-refractivity contribution >= 4 is 29.9 Å². The van der Waals surface area contributed by atoms with Crippen molar-refractivity contribution < 1.29 is 0 Å². The van der Waals surface area contributed by atoms with Crippen molar-refractivity contribution in [1.82, 2.24) is 14.9 Å². The predicted molar refractivity (Wildman–Crippen MR) is 120 cm³/mol. The molecule has 5 nitrogen and oxygen atoms in total. The zero-order valence-electron chi connectivity index (χ0n) is 15.7. The van der Waals surface area contributed by atoms with E-state index in [1.54, 1.807) is 6.20 Å². The minimum atomic E-state index is 0. The van der Waals surface area contributed by atoms with E-state index in [1.807, 2.05) is 12.5 Å². The molecule has 144 valence electrons. The van der Waals surface area contributed by atoms with Crippen molar-refractivity contribution in [2.24, 2.45) is 10.7 Å². The molecular weight excluding hydrogens is 437 g/mol. The Bertz CT molecular complexity index is 625. The molecule has 0 bridgehead atoms. The molecule has 0 atom stereocenters. The van der Waals surface area contributed by atoms with E-state index in [9.17, 15) is 0 Å². The lowest BCUT2D eigenvalue weighted by Crippen LogP contribution is -2.32. The number of hydrogen-bond donors (Lipinski definition) is 2. The summed E-state index contributed by atoms with van der Waals surface area (Å²) >= 11 is 0. The van der Waals surface area contributed by atoms with Crippen molar-refractivity contribution in [2.75, 3.05) is 6.54 Å². The molecule has 1 aromatic carbocycles. The summed E-state index contributed by atoms with van der Waals surface area (Å²) in [6, 6.07) is 8.44. The van der Waals surface area contributed by atoms with E-state index in [0.29, 0.717) is 12.5 Å². The molecule has 0 aliphatic heterocycles. The van der Waals surface area contributed by atoms with Gasteiger partial charge in [0.1, 0.15) is 0 Å². The summed E-state index contributed by atoms with van der Waals surface area (Å²) in [5, 5.41) is 3.21. The van der Waals surface area contributed by atoms with Crippen LogP contribution in [-0.2, 0) is 13.1 Å². The molecule has 1 heterocycles. The third-order valence-electron chi connectivity index (χ3n) is 4.18. The van der Waals surface area contributed by atoms with E-state index in [-0.39, 0.29) is 24.0 Å². The Hall–Kier alpha value is -1.57. The van der Waals surface area contributed by atoms with Crippen LogP contribution in [0, 0.1) is 0 Å². The van der Waals surface area contributed by atoms with Crippen LogP contribution in [0.3, 0.4) is 0 Å². The highest BCUT2D eigenvalue weighted by molar-refractivity contribution is 14.0. The molecule has 0 fully saturated rings. The van der Waals surface area contributed by atoms with E-state index in [2.05, 4.69) is 51.0 Å². The van der Waals surface area contributed by atoms with Gasteiger partial charge in [-0.2, -0.15) is 0 Å². The van der Waals surface area contributed by atoms with E-state index in [0.717, 1.165) is 19.5 Å². The van der Waals surface area contributed by atoms with Crippen LogP contribution in [0.2, 0.25) is 0 Å². The molecule has 0 spiro atoms. The van der Waals surface area contributed by atoms with E-state index in [4.69, 9.17) is 5.73 Å². The molecule has 6 heteroatoms. The van der Waals surface area contributed by atoms with Gasteiger partial charge in [-0.1, -0.05) is 63.3 Å². The van der Waals surface area contributed by atoms with Crippen LogP contribution in [0.4, 0.5) is 0 Å². The fourth-order valence-corrected chi connectivity index (χ4v) is 2.77. The second kappa shape index (κ2) is 13.6. The largest absolute Gasteiger partial charge is 0.370 e.